The Morgan fingerprint density at radius 3 is 2.58 bits per heavy atom. The molecule has 1 aliphatic carbocycles. The highest BCUT2D eigenvalue weighted by molar-refractivity contribution is 5.47. The van der Waals surface area contributed by atoms with Crippen molar-refractivity contribution in [3.63, 3.8) is 0 Å². The number of hydrogen-bond acceptors (Lipinski definition) is 4. The molecule has 1 N–H and O–H groups in total. The topological polar surface area (TPSA) is 55.1 Å². The predicted octanol–water partition coefficient (Wildman–Crippen LogP) is 3.73. The third-order valence-corrected chi connectivity index (χ3v) is 4.60. The van der Waals surface area contributed by atoms with E-state index < -0.39 is 12.0 Å². The summed E-state index contributed by atoms with van der Waals surface area (Å²) in [6.07, 6.45) is -3.04. The molecule has 1 fully saturated rings. The van der Waals surface area contributed by atoms with E-state index in [-0.39, 0.29) is 17.0 Å². The van der Waals surface area contributed by atoms with Crippen molar-refractivity contribution in [2.24, 2.45) is 0 Å². The monoisotopic (exact) mass is 365 g/mol. The van der Waals surface area contributed by atoms with Gasteiger partial charge in [-0.3, -0.25) is 0 Å². The molecule has 0 bridgehead atoms. The van der Waals surface area contributed by atoms with Crippen LogP contribution >= 0.6 is 0 Å². The molecule has 2 heterocycles. The average molecular weight is 365 g/mol. The summed E-state index contributed by atoms with van der Waals surface area (Å²) in [4.78, 5) is 7.45. The molecule has 0 amide bonds. The Labute approximate surface area is 146 Å². The fraction of sp³-hybridized carbons (Fsp3) is 0.353. The molecule has 0 spiro atoms. The van der Waals surface area contributed by atoms with Crippen molar-refractivity contribution in [1.82, 2.24) is 19.6 Å². The minimum atomic E-state index is -4.65. The van der Waals surface area contributed by atoms with E-state index >= 15 is 0 Å². The van der Waals surface area contributed by atoms with Gasteiger partial charge in [0.1, 0.15) is 11.6 Å². The number of aryl methyl sites for hydroxylation is 1. The number of nitrogens with zero attached hydrogens (tertiary/aromatic N) is 4. The Morgan fingerprint density at radius 1 is 1.19 bits per heavy atom. The van der Waals surface area contributed by atoms with Crippen LogP contribution in [0.5, 0.6) is 0 Å². The quantitative estimate of drug-likeness (QED) is 0.716. The third kappa shape index (κ3) is 2.87. The van der Waals surface area contributed by atoms with Crippen LogP contribution in [0.2, 0.25) is 0 Å². The number of rotatable bonds is 4. The number of hydrogen-bond donors (Lipinski definition) is 1. The zero-order chi connectivity index (χ0) is 18.5. The highest BCUT2D eigenvalue weighted by atomic mass is 19.4. The van der Waals surface area contributed by atoms with Gasteiger partial charge in [-0.05, 0) is 31.4 Å². The van der Waals surface area contributed by atoms with Crippen molar-refractivity contribution in [3.8, 4) is 0 Å². The number of alkyl halides is 3. The number of benzene rings is 1. The first-order chi connectivity index (χ1) is 12.3. The van der Waals surface area contributed by atoms with E-state index in [2.05, 4.69) is 20.4 Å². The van der Waals surface area contributed by atoms with Crippen LogP contribution < -0.4 is 5.32 Å². The summed E-state index contributed by atoms with van der Waals surface area (Å²) >= 11 is 0. The second kappa shape index (κ2) is 5.65. The Bertz CT molecular complexity index is 975. The van der Waals surface area contributed by atoms with Gasteiger partial charge in [0.15, 0.2) is 0 Å². The van der Waals surface area contributed by atoms with E-state index in [0.29, 0.717) is 23.6 Å². The van der Waals surface area contributed by atoms with Gasteiger partial charge < -0.3 is 5.32 Å². The number of fused-ring (bicyclic) bond motifs is 1. The molecular weight excluding hydrogens is 350 g/mol. The standard InChI is InChI=1S/C17H15F4N5/c1-10-8-13(26-15(23-10)24-14(25-26)17(19,20)21)22-9-16(6-7-16)11-4-2-3-5-12(11)18/h2-5,8,22H,6-7,9H2,1H3. The zero-order valence-electron chi connectivity index (χ0n) is 13.8. The largest absolute Gasteiger partial charge is 0.453 e. The van der Waals surface area contributed by atoms with Gasteiger partial charge in [0, 0.05) is 23.7 Å². The first-order valence-corrected chi connectivity index (χ1v) is 8.09. The molecule has 136 valence electrons. The van der Waals surface area contributed by atoms with E-state index in [1.54, 1.807) is 31.2 Å². The normalized spacial score (nSPS) is 16.0. The van der Waals surface area contributed by atoms with E-state index in [1.165, 1.54) is 6.07 Å². The molecule has 0 aliphatic heterocycles. The van der Waals surface area contributed by atoms with Crippen LogP contribution in [0.3, 0.4) is 0 Å². The summed E-state index contributed by atoms with van der Waals surface area (Å²) in [6.45, 7) is 2.05. The third-order valence-electron chi connectivity index (χ3n) is 4.60. The van der Waals surface area contributed by atoms with E-state index in [1.807, 2.05) is 0 Å². The molecule has 0 unspecified atom stereocenters. The Morgan fingerprint density at radius 2 is 1.92 bits per heavy atom. The van der Waals surface area contributed by atoms with Crippen LogP contribution in [0.15, 0.2) is 30.3 Å². The van der Waals surface area contributed by atoms with E-state index in [9.17, 15) is 17.6 Å². The first-order valence-electron chi connectivity index (χ1n) is 8.09. The molecule has 26 heavy (non-hydrogen) atoms. The first kappa shape index (κ1) is 16.7. The molecule has 1 saturated carbocycles. The molecular formula is C17H15F4N5. The number of halogens is 4. The van der Waals surface area contributed by atoms with Crippen molar-refractivity contribution in [2.45, 2.75) is 31.4 Å². The Hall–Kier alpha value is -2.71. The van der Waals surface area contributed by atoms with Crippen molar-refractivity contribution < 1.29 is 17.6 Å². The van der Waals surface area contributed by atoms with E-state index in [4.69, 9.17) is 0 Å². The highest BCUT2D eigenvalue weighted by Gasteiger charge is 2.46. The molecule has 3 aromatic rings. The maximum atomic E-state index is 14.1. The van der Waals surface area contributed by atoms with Crippen molar-refractivity contribution in [3.05, 3.63) is 53.2 Å². The maximum Gasteiger partial charge on any atom is 0.453 e. The molecule has 4 rings (SSSR count). The summed E-state index contributed by atoms with van der Waals surface area (Å²) in [5.74, 6) is -1.30. The predicted molar refractivity (Wildman–Crippen MR) is 86.3 cm³/mol. The lowest BCUT2D eigenvalue weighted by molar-refractivity contribution is -0.144. The Balaban J connectivity index is 1.65. The van der Waals surface area contributed by atoms with Gasteiger partial charge in [-0.2, -0.15) is 22.7 Å². The number of nitrogens with one attached hydrogen (secondary N) is 1. The zero-order valence-corrected chi connectivity index (χ0v) is 13.8. The Kier molecular flexibility index (Phi) is 3.64. The lowest BCUT2D eigenvalue weighted by Gasteiger charge is -2.18. The number of aromatic nitrogens is 4. The highest BCUT2D eigenvalue weighted by Crippen LogP contribution is 2.49. The summed E-state index contributed by atoms with van der Waals surface area (Å²) in [5, 5.41) is 6.63. The van der Waals surface area contributed by atoms with Gasteiger partial charge in [0.05, 0.1) is 0 Å². The molecule has 9 heteroatoms. The molecule has 5 nitrogen and oxygen atoms in total. The molecule has 1 aromatic carbocycles. The van der Waals surface area contributed by atoms with Crippen molar-refractivity contribution in [1.29, 1.82) is 0 Å². The van der Waals surface area contributed by atoms with E-state index in [0.717, 1.165) is 17.4 Å². The van der Waals surface area contributed by atoms with Crippen LogP contribution in [0.4, 0.5) is 23.4 Å². The minimum Gasteiger partial charge on any atom is -0.369 e. The number of anilines is 1. The van der Waals surface area contributed by atoms with Crippen molar-refractivity contribution >= 4 is 11.6 Å². The summed E-state index contributed by atoms with van der Waals surface area (Å²) in [5.41, 5.74) is 0.767. The van der Waals surface area contributed by atoms with Crippen LogP contribution in [0, 0.1) is 12.7 Å². The lowest BCUT2D eigenvalue weighted by Crippen LogP contribution is -2.22. The summed E-state index contributed by atoms with van der Waals surface area (Å²) < 4.78 is 53.8. The second-order valence-electron chi connectivity index (χ2n) is 6.54. The van der Waals surface area contributed by atoms with Crippen LogP contribution in [-0.4, -0.2) is 26.1 Å². The van der Waals surface area contributed by atoms with Gasteiger partial charge in [-0.1, -0.05) is 18.2 Å². The fourth-order valence-corrected chi connectivity index (χ4v) is 3.08. The maximum absolute atomic E-state index is 14.1. The molecule has 0 saturated heterocycles. The molecule has 0 atom stereocenters. The molecule has 2 aromatic heterocycles. The average Bonchev–Trinajstić information content (AvgIpc) is 3.22. The fourth-order valence-electron chi connectivity index (χ4n) is 3.08. The van der Waals surface area contributed by atoms with Crippen molar-refractivity contribution in [2.75, 3.05) is 11.9 Å². The molecule has 1 aliphatic rings. The van der Waals surface area contributed by atoms with Gasteiger partial charge in [0.25, 0.3) is 11.6 Å². The molecule has 0 radical (unpaired) electrons. The van der Waals surface area contributed by atoms with Gasteiger partial charge in [-0.25, -0.2) is 9.37 Å². The summed E-state index contributed by atoms with van der Waals surface area (Å²) in [7, 11) is 0. The lowest BCUT2D eigenvalue weighted by atomic mass is 9.95. The smallest absolute Gasteiger partial charge is 0.369 e. The van der Waals surface area contributed by atoms with Crippen LogP contribution in [0.1, 0.15) is 29.9 Å². The van der Waals surface area contributed by atoms with Gasteiger partial charge in [0.2, 0.25) is 0 Å². The summed E-state index contributed by atoms with van der Waals surface area (Å²) in [6, 6.07) is 8.16. The van der Waals surface area contributed by atoms with Gasteiger partial charge >= 0.3 is 6.18 Å². The van der Waals surface area contributed by atoms with Gasteiger partial charge in [-0.15, -0.1) is 5.10 Å². The van der Waals surface area contributed by atoms with Crippen LogP contribution in [-0.2, 0) is 11.6 Å². The van der Waals surface area contributed by atoms with Crippen LogP contribution in [0.25, 0.3) is 5.78 Å². The SMILES string of the molecule is Cc1cc(NCC2(c3ccccc3F)CC2)n2nc(C(F)(F)F)nc2n1. The minimum absolute atomic E-state index is 0.129. The second-order valence-corrected chi connectivity index (χ2v) is 6.54.